The van der Waals surface area contributed by atoms with E-state index in [4.69, 9.17) is 4.52 Å². The minimum atomic E-state index is -1.58. The number of carbonyl (C=O) groups is 1. The van der Waals surface area contributed by atoms with Crippen LogP contribution in [0.3, 0.4) is 0 Å². The topological polar surface area (TPSA) is 43.4 Å². The van der Waals surface area contributed by atoms with Gasteiger partial charge in [0, 0.05) is 12.2 Å². The summed E-state index contributed by atoms with van der Waals surface area (Å²) in [5.41, 5.74) is 0. The molecule has 0 saturated carbocycles. The molecule has 0 aromatic carbocycles. The molecule has 0 amide bonds. The van der Waals surface area contributed by atoms with Crippen molar-refractivity contribution in [3.63, 3.8) is 0 Å². The highest BCUT2D eigenvalue weighted by molar-refractivity contribution is 8.00. The van der Waals surface area contributed by atoms with Gasteiger partial charge in [0.25, 0.3) is 0 Å². The SMILES string of the molecule is CCCCCCCCCCCCCCC(=O)CSCC[P+](=O)OCC[N+](C)(C)C. The lowest BCUT2D eigenvalue weighted by Gasteiger charge is -2.21. The standard InChI is InChI=1S/C23H48NO3PS/c1-5-6-7-8-9-10-11-12-13-14-15-16-17-23(25)22-29-21-20-28(26)27-19-18-24(2,3)4/h5-22H2,1-4H3/q+2. The predicted octanol–water partition coefficient (Wildman–Crippen LogP) is 6.85. The van der Waals surface area contributed by atoms with E-state index in [1.54, 1.807) is 11.8 Å². The van der Waals surface area contributed by atoms with Gasteiger partial charge in [0.05, 0.1) is 26.9 Å². The number of nitrogens with zero attached hydrogens (tertiary/aromatic N) is 1. The monoisotopic (exact) mass is 449 g/mol. The average molecular weight is 450 g/mol. The largest absolute Gasteiger partial charge is 0.509 e. The molecule has 0 aromatic rings. The van der Waals surface area contributed by atoms with E-state index in [2.05, 4.69) is 28.1 Å². The van der Waals surface area contributed by atoms with Gasteiger partial charge in [-0.2, -0.15) is 0 Å². The van der Waals surface area contributed by atoms with Gasteiger partial charge in [-0.15, -0.1) is 16.3 Å². The molecule has 0 aromatic heterocycles. The van der Waals surface area contributed by atoms with E-state index >= 15 is 0 Å². The Morgan fingerprint density at radius 1 is 0.862 bits per heavy atom. The van der Waals surface area contributed by atoms with Gasteiger partial charge in [-0.1, -0.05) is 77.6 Å². The first-order valence-electron chi connectivity index (χ1n) is 11.8. The van der Waals surface area contributed by atoms with Crippen LogP contribution in [0.4, 0.5) is 0 Å². The van der Waals surface area contributed by atoms with Gasteiger partial charge in [0.15, 0.2) is 12.8 Å². The Kier molecular flexibility index (Phi) is 20.0. The minimum absolute atomic E-state index is 0.336. The zero-order valence-corrected chi connectivity index (χ0v) is 21.5. The number of ketones is 1. The molecule has 172 valence electrons. The molecule has 1 atom stereocenters. The van der Waals surface area contributed by atoms with Crippen molar-refractivity contribution in [2.45, 2.75) is 90.4 Å². The molecule has 0 radical (unpaired) electrons. The average Bonchev–Trinajstić information content (AvgIpc) is 2.65. The normalized spacial score (nSPS) is 12.3. The third kappa shape index (κ3) is 24.2. The van der Waals surface area contributed by atoms with E-state index in [-0.39, 0.29) is 0 Å². The predicted molar refractivity (Wildman–Crippen MR) is 129 cm³/mol. The molecule has 4 nitrogen and oxygen atoms in total. The van der Waals surface area contributed by atoms with E-state index < -0.39 is 8.03 Å². The van der Waals surface area contributed by atoms with Crippen molar-refractivity contribution in [3.05, 3.63) is 0 Å². The zero-order chi connectivity index (χ0) is 21.8. The van der Waals surface area contributed by atoms with Gasteiger partial charge in [-0.3, -0.25) is 4.79 Å². The van der Waals surface area contributed by atoms with Crippen LogP contribution >= 0.6 is 19.8 Å². The van der Waals surface area contributed by atoms with Crippen LogP contribution in [-0.4, -0.2) is 62.2 Å². The summed E-state index contributed by atoms with van der Waals surface area (Å²) in [6.07, 6.45) is 17.1. The first-order chi connectivity index (χ1) is 13.8. The molecule has 6 heteroatoms. The van der Waals surface area contributed by atoms with Crippen molar-refractivity contribution >= 4 is 25.6 Å². The van der Waals surface area contributed by atoms with E-state index in [0.29, 0.717) is 30.7 Å². The molecule has 0 spiro atoms. The fourth-order valence-corrected chi connectivity index (χ4v) is 5.08. The zero-order valence-electron chi connectivity index (χ0n) is 19.8. The van der Waals surface area contributed by atoms with Crippen LogP contribution < -0.4 is 0 Å². The lowest BCUT2D eigenvalue weighted by atomic mass is 10.0. The second-order valence-corrected chi connectivity index (χ2v) is 11.6. The molecule has 29 heavy (non-hydrogen) atoms. The Balaban J connectivity index is 3.33. The van der Waals surface area contributed by atoms with Crippen LogP contribution in [0, 0.1) is 0 Å². The van der Waals surface area contributed by atoms with E-state index in [0.717, 1.165) is 23.2 Å². The molecule has 0 heterocycles. The highest BCUT2D eigenvalue weighted by atomic mass is 32.2. The number of rotatable bonds is 22. The lowest BCUT2D eigenvalue weighted by molar-refractivity contribution is -0.870. The van der Waals surface area contributed by atoms with Crippen molar-refractivity contribution < 1.29 is 18.4 Å². The Hall–Kier alpha value is 0.0400. The maximum Gasteiger partial charge on any atom is 0.509 e. The third-order valence-electron chi connectivity index (χ3n) is 4.99. The Bertz CT molecular complexity index is 413. The van der Waals surface area contributed by atoms with Crippen LogP contribution in [0.5, 0.6) is 0 Å². The Morgan fingerprint density at radius 2 is 1.38 bits per heavy atom. The summed E-state index contributed by atoms with van der Waals surface area (Å²) in [5, 5.41) is 0. The Morgan fingerprint density at radius 3 is 1.90 bits per heavy atom. The number of thioether (sulfide) groups is 1. The molecular formula is C23H48NO3PS+2. The van der Waals surface area contributed by atoms with Crippen LogP contribution in [0.25, 0.3) is 0 Å². The summed E-state index contributed by atoms with van der Waals surface area (Å²) in [5.74, 6) is 1.63. The third-order valence-corrected chi connectivity index (χ3v) is 7.37. The molecule has 0 N–H and O–H groups in total. The van der Waals surface area contributed by atoms with E-state index in [1.165, 1.54) is 70.6 Å². The fourth-order valence-electron chi connectivity index (χ4n) is 3.04. The molecule has 0 rings (SSSR count). The van der Waals surface area contributed by atoms with Gasteiger partial charge in [0.2, 0.25) is 0 Å². The first kappa shape index (κ1) is 29.0. The van der Waals surface area contributed by atoms with Crippen LogP contribution in [0.2, 0.25) is 0 Å². The summed E-state index contributed by atoms with van der Waals surface area (Å²) in [6, 6.07) is 0. The van der Waals surface area contributed by atoms with Crippen molar-refractivity contribution in [2.75, 3.05) is 52.0 Å². The van der Waals surface area contributed by atoms with Gasteiger partial charge in [-0.05, 0) is 11.0 Å². The highest BCUT2D eigenvalue weighted by Crippen LogP contribution is 2.23. The van der Waals surface area contributed by atoms with Gasteiger partial charge < -0.3 is 4.48 Å². The molecule has 0 aliphatic rings. The van der Waals surface area contributed by atoms with Gasteiger partial charge in [-0.25, -0.2) is 0 Å². The second-order valence-electron chi connectivity index (χ2n) is 9.13. The molecule has 1 unspecified atom stereocenters. The number of quaternary nitrogens is 1. The quantitative estimate of drug-likeness (QED) is 0.103. The van der Waals surface area contributed by atoms with Gasteiger partial charge in [0.1, 0.15) is 12.3 Å². The van der Waals surface area contributed by atoms with E-state index in [9.17, 15) is 9.36 Å². The van der Waals surface area contributed by atoms with Crippen molar-refractivity contribution in [3.8, 4) is 0 Å². The molecule has 0 fully saturated rings. The van der Waals surface area contributed by atoms with Crippen LogP contribution in [0.15, 0.2) is 0 Å². The fraction of sp³-hybridized carbons (Fsp3) is 0.957. The summed E-state index contributed by atoms with van der Waals surface area (Å²) in [6.45, 7) is 3.65. The van der Waals surface area contributed by atoms with Crippen LogP contribution in [0.1, 0.15) is 90.4 Å². The Labute approximate surface area is 186 Å². The number of hydrogen-bond donors (Lipinski definition) is 0. The van der Waals surface area contributed by atoms with Gasteiger partial charge >= 0.3 is 8.03 Å². The number of Topliss-reactive ketones (excluding diaryl/α,β-unsaturated/α-hetero) is 1. The van der Waals surface area contributed by atoms with Crippen molar-refractivity contribution in [2.24, 2.45) is 0 Å². The summed E-state index contributed by atoms with van der Waals surface area (Å²) in [7, 11) is 4.69. The van der Waals surface area contributed by atoms with E-state index in [1.807, 2.05) is 0 Å². The molecular weight excluding hydrogens is 401 g/mol. The first-order valence-corrected chi connectivity index (χ1v) is 14.3. The number of hydrogen-bond acceptors (Lipinski definition) is 4. The second kappa shape index (κ2) is 20.0. The minimum Gasteiger partial charge on any atom is -0.329 e. The van der Waals surface area contributed by atoms with Crippen molar-refractivity contribution in [1.82, 2.24) is 0 Å². The smallest absolute Gasteiger partial charge is 0.329 e. The maximum absolute atomic E-state index is 11.9. The lowest BCUT2D eigenvalue weighted by Crippen LogP contribution is -2.37. The van der Waals surface area contributed by atoms with Crippen LogP contribution in [-0.2, 0) is 13.9 Å². The highest BCUT2D eigenvalue weighted by Gasteiger charge is 2.19. The number of unbranched alkanes of at least 4 members (excludes halogenated alkanes) is 11. The number of likely N-dealkylation sites (N-methyl/N-ethyl adjacent to an activating group) is 1. The molecule has 0 aliphatic carbocycles. The number of carbonyl (C=O) groups excluding carboxylic acids is 1. The maximum atomic E-state index is 11.9. The summed E-state index contributed by atoms with van der Waals surface area (Å²) in [4.78, 5) is 11.9. The molecule has 0 saturated heterocycles. The summed E-state index contributed by atoms with van der Waals surface area (Å²) < 4.78 is 18.0. The molecule has 0 bridgehead atoms. The van der Waals surface area contributed by atoms with Crippen molar-refractivity contribution in [1.29, 1.82) is 0 Å². The molecule has 0 aliphatic heterocycles. The summed E-state index contributed by atoms with van der Waals surface area (Å²) >= 11 is 1.60.